The van der Waals surface area contributed by atoms with Gasteiger partial charge in [0.2, 0.25) is 0 Å². The molecule has 0 saturated carbocycles. The highest BCUT2D eigenvalue weighted by Gasteiger charge is 2.37. The number of likely N-dealkylation sites (tertiary alicyclic amines) is 1. The minimum atomic E-state index is -0.290. The Balaban J connectivity index is 1.47. The molecule has 3 aliphatic heterocycles. The van der Waals surface area contributed by atoms with Crippen molar-refractivity contribution in [3.05, 3.63) is 41.3 Å². The van der Waals surface area contributed by atoms with Gasteiger partial charge in [-0.2, -0.15) is 0 Å². The molecule has 30 heavy (non-hydrogen) atoms. The molecule has 1 atom stereocenters. The number of piperidine rings is 1. The summed E-state index contributed by atoms with van der Waals surface area (Å²) in [6.07, 6.45) is 2.78. The SMILES string of the molecule is O=C(c1cc(-c2ccccc2)c(N2CCOCC2)s1)N1CCCC[C@@H]1C1OCCO1. The third-order valence-electron chi connectivity index (χ3n) is 6.08. The molecule has 160 valence electrons. The fraction of sp³-hybridized carbons (Fsp3) is 0.522. The van der Waals surface area contributed by atoms with E-state index in [1.165, 1.54) is 0 Å². The number of thiophene rings is 1. The fourth-order valence-corrected chi connectivity index (χ4v) is 5.73. The Kier molecular flexibility index (Phi) is 6.04. The van der Waals surface area contributed by atoms with Gasteiger partial charge in [-0.3, -0.25) is 4.79 Å². The Bertz CT molecular complexity index is 859. The number of anilines is 1. The van der Waals surface area contributed by atoms with Gasteiger partial charge in [0, 0.05) is 25.2 Å². The fourth-order valence-electron chi connectivity index (χ4n) is 4.55. The lowest BCUT2D eigenvalue weighted by molar-refractivity contribution is -0.100. The summed E-state index contributed by atoms with van der Waals surface area (Å²) in [5, 5.41) is 1.16. The molecule has 3 aliphatic rings. The normalized spacial score (nSPS) is 23.1. The van der Waals surface area contributed by atoms with Crippen molar-refractivity contribution < 1.29 is 19.0 Å². The summed E-state index contributed by atoms with van der Waals surface area (Å²) in [5.41, 5.74) is 2.28. The van der Waals surface area contributed by atoms with Crippen LogP contribution in [0.1, 0.15) is 28.9 Å². The molecule has 0 radical (unpaired) electrons. The number of nitrogens with zero attached hydrogens (tertiary/aromatic N) is 2. The second-order valence-corrected chi connectivity index (χ2v) is 9.00. The highest BCUT2D eigenvalue weighted by molar-refractivity contribution is 7.18. The Morgan fingerprint density at radius 3 is 2.50 bits per heavy atom. The number of ether oxygens (including phenoxy) is 3. The highest BCUT2D eigenvalue weighted by Crippen LogP contribution is 2.40. The summed E-state index contributed by atoms with van der Waals surface area (Å²) < 4.78 is 17.1. The van der Waals surface area contributed by atoms with E-state index in [1.807, 2.05) is 23.1 Å². The van der Waals surface area contributed by atoms with E-state index >= 15 is 0 Å². The van der Waals surface area contributed by atoms with E-state index in [4.69, 9.17) is 14.2 Å². The summed E-state index contributed by atoms with van der Waals surface area (Å²) in [6.45, 7) is 5.13. The summed E-state index contributed by atoms with van der Waals surface area (Å²) >= 11 is 1.60. The molecule has 1 aromatic heterocycles. The van der Waals surface area contributed by atoms with Crippen LogP contribution in [0, 0.1) is 0 Å². The van der Waals surface area contributed by atoms with E-state index in [-0.39, 0.29) is 18.2 Å². The molecule has 3 saturated heterocycles. The Hall–Kier alpha value is -1.93. The third-order valence-corrected chi connectivity index (χ3v) is 7.26. The maximum Gasteiger partial charge on any atom is 0.264 e. The molecule has 0 N–H and O–H groups in total. The van der Waals surface area contributed by atoms with Crippen LogP contribution in [0.15, 0.2) is 36.4 Å². The molecule has 1 aromatic carbocycles. The van der Waals surface area contributed by atoms with Crippen LogP contribution in [-0.4, -0.2) is 69.2 Å². The van der Waals surface area contributed by atoms with E-state index in [0.29, 0.717) is 13.2 Å². The number of hydrogen-bond donors (Lipinski definition) is 0. The van der Waals surface area contributed by atoms with Crippen LogP contribution < -0.4 is 4.90 Å². The van der Waals surface area contributed by atoms with Crippen LogP contribution in [0.5, 0.6) is 0 Å². The zero-order chi connectivity index (χ0) is 20.3. The van der Waals surface area contributed by atoms with Crippen LogP contribution in [-0.2, 0) is 14.2 Å². The molecule has 3 fully saturated rings. The van der Waals surface area contributed by atoms with Crippen molar-refractivity contribution in [3.8, 4) is 11.1 Å². The lowest BCUT2D eigenvalue weighted by atomic mass is 10.0. The quantitative estimate of drug-likeness (QED) is 0.745. The van der Waals surface area contributed by atoms with Gasteiger partial charge in [-0.1, -0.05) is 30.3 Å². The molecule has 4 heterocycles. The highest BCUT2D eigenvalue weighted by atomic mass is 32.1. The van der Waals surface area contributed by atoms with Crippen molar-refractivity contribution in [2.24, 2.45) is 0 Å². The molecular formula is C23H28N2O4S. The summed E-state index contributed by atoms with van der Waals surface area (Å²) in [4.78, 5) is 18.8. The van der Waals surface area contributed by atoms with Crippen molar-refractivity contribution in [2.45, 2.75) is 31.6 Å². The number of carbonyl (C=O) groups excluding carboxylic acids is 1. The predicted octanol–water partition coefficient (Wildman–Crippen LogP) is 3.62. The predicted molar refractivity (Wildman–Crippen MR) is 117 cm³/mol. The zero-order valence-electron chi connectivity index (χ0n) is 17.1. The smallest absolute Gasteiger partial charge is 0.264 e. The van der Waals surface area contributed by atoms with Gasteiger partial charge in [-0.25, -0.2) is 0 Å². The number of morpholine rings is 1. The van der Waals surface area contributed by atoms with E-state index in [0.717, 1.165) is 73.1 Å². The second-order valence-electron chi connectivity index (χ2n) is 7.97. The van der Waals surface area contributed by atoms with Crippen molar-refractivity contribution in [1.82, 2.24) is 4.90 Å². The zero-order valence-corrected chi connectivity index (χ0v) is 17.9. The van der Waals surface area contributed by atoms with Gasteiger partial charge in [0.1, 0.15) is 0 Å². The van der Waals surface area contributed by atoms with E-state index in [9.17, 15) is 4.79 Å². The maximum absolute atomic E-state index is 13.6. The first-order valence-electron chi connectivity index (χ1n) is 10.9. The average Bonchev–Trinajstić information content (AvgIpc) is 3.50. The third kappa shape index (κ3) is 3.99. The molecule has 0 unspecified atom stereocenters. The second kappa shape index (κ2) is 9.06. The number of amides is 1. The molecule has 0 bridgehead atoms. The first-order chi connectivity index (χ1) is 14.8. The molecule has 0 aliphatic carbocycles. The van der Waals surface area contributed by atoms with Gasteiger partial charge < -0.3 is 24.0 Å². The van der Waals surface area contributed by atoms with Crippen LogP contribution in [0.4, 0.5) is 5.00 Å². The lowest BCUT2D eigenvalue weighted by Crippen LogP contribution is -2.50. The molecule has 2 aromatic rings. The monoisotopic (exact) mass is 428 g/mol. The summed E-state index contributed by atoms with van der Waals surface area (Å²) in [7, 11) is 0. The molecule has 7 heteroatoms. The van der Waals surface area contributed by atoms with Crippen molar-refractivity contribution >= 4 is 22.2 Å². The van der Waals surface area contributed by atoms with Crippen LogP contribution in [0.2, 0.25) is 0 Å². The topological polar surface area (TPSA) is 51.2 Å². The number of benzene rings is 1. The van der Waals surface area contributed by atoms with Crippen molar-refractivity contribution in [2.75, 3.05) is 51.0 Å². The Morgan fingerprint density at radius 2 is 1.73 bits per heavy atom. The van der Waals surface area contributed by atoms with Crippen molar-refractivity contribution in [3.63, 3.8) is 0 Å². The largest absolute Gasteiger partial charge is 0.378 e. The number of hydrogen-bond acceptors (Lipinski definition) is 6. The molecule has 5 rings (SSSR count). The first kappa shape index (κ1) is 20.0. The van der Waals surface area contributed by atoms with Crippen LogP contribution >= 0.6 is 11.3 Å². The minimum Gasteiger partial charge on any atom is -0.378 e. The molecule has 0 spiro atoms. The van der Waals surface area contributed by atoms with Gasteiger partial charge in [0.25, 0.3) is 5.91 Å². The number of carbonyl (C=O) groups is 1. The van der Waals surface area contributed by atoms with E-state index in [2.05, 4.69) is 23.1 Å². The maximum atomic E-state index is 13.6. The van der Waals surface area contributed by atoms with Crippen molar-refractivity contribution in [1.29, 1.82) is 0 Å². The van der Waals surface area contributed by atoms with Gasteiger partial charge >= 0.3 is 0 Å². The van der Waals surface area contributed by atoms with Gasteiger partial charge in [-0.05, 0) is 30.9 Å². The molecular weight excluding hydrogens is 400 g/mol. The Morgan fingerprint density at radius 1 is 0.967 bits per heavy atom. The Labute approximate surface area is 181 Å². The van der Waals surface area contributed by atoms with Crippen LogP contribution in [0.3, 0.4) is 0 Å². The standard InChI is InChI=1S/C23H28N2O4S/c26-21(25-9-5-4-8-19(25)23-28-14-15-29-23)20-16-18(17-6-2-1-3-7-17)22(30-20)24-10-12-27-13-11-24/h1-3,6-7,16,19,23H,4-5,8-15H2/t19-/m1/s1. The summed E-state index contributed by atoms with van der Waals surface area (Å²) in [6, 6.07) is 12.4. The average molecular weight is 429 g/mol. The van der Waals surface area contributed by atoms with Crippen LogP contribution in [0.25, 0.3) is 11.1 Å². The van der Waals surface area contributed by atoms with Gasteiger partial charge in [0.15, 0.2) is 6.29 Å². The number of rotatable bonds is 4. The molecule has 1 amide bonds. The van der Waals surface area contributed by atoms with Gasteiger partial charge in [0.05, 0.1) is 42.3 Å². The van der Waals surface area contributed by atoms with Gasteiger partial charge in [-0.15, -0.1) is 11.3 Å². The van der Waals surface area contributed by atoms with E-state index < -0.39 is 0 Å². The molecule has 6 nitrogen and oxygen atoms in total. The lowest BCUT2D eigenvalue weighted by Gasteiger charge is -2.37. The minimum absolute atomic E-state index is 0.00265. The first-order valence-corrected chi connectivity index (χ1v) is 11.7. The van der Waals surface area contributed by atoms with E-state index in [1.54, 1.807) is 11.3 Å². The summed E-state index contributed by atoms with van der Waals surface area (Å²) in [5.74, 6) is 0.0977.